The number of nitrogens with one attached hydrogen (secondary N) is 1. The third kappa shape index (κ3) is 3.43. The summed E-state index contributed by atoms with van der Waals surface area (Å²) in [4.78, 5) is 24.5. The predicted octanol–water partition coefficient (Wildman–Crippen LogP) is 3.56. The fourth-order valence-electron chi connectivity index (χ4n) is 3.36. The van der Waals surface area contributed by atoms with Gasteiger partial charge in [0.15, 0.2) is 5.58 Å². The van der Waals surface area contributed by atoms with E-state index in [1.54, 1.807) is 6.07 Å². The minimum atomic E-state index is -0.420. The number of fused-ring (bicyclic) bond motifs is 1. The standard InChI is InChI=1S/C21H22N2O3/c1-14-6-8-15(9-7-14)20(16-10-11-16)22-19(24)12-13-23-17-4-2-3-5-18(17)26-21(23)25/h2-9,16,20H,10-13H2,1H3,(H,22,24). The number of carbonyl (C=O) groups is 1. The molecule has 0 saturated heterocycles. The van der Waals surface area contributed by atoms with Crippen molar-refractivity contribution >= 4 is 17.0 Å². The van der Waals surface area contributed by atoms with Gasteiger partial charge in [-0.15, -0.1) is 0 Å². The van der Waals surface area contributed by atoms with Gasteiger partial charge in [-0.3, -0.25) is 9.36 Å². The van der Waals surface area contributed by atoms with Gasteiger partial charge in [0.1, 0.15) is 0 Å². The molecule has 1 aliphatic rings. The Kier molecular flexibility index (Phi) is 4.37. The van der Waals surface area contributed by atoms with E-state index in [1.165, 1.54) is 10.1 Å². The number of benzene rings is 2. The van der Waals surface area contributed by atoms with E-state index in [1.807, 2.05) is 18.2 Å². The zero-order chi connectivity index (χ0) is 18.1. The first-order chi connectivity index (χ1) is 12.6. The molecule has 1 saturated carbocycles. The Morgan fingerprint density at radius 2 is 1.92 bits per heavy atom. The Morgan fingerprint density at radius 1 is 1.19 bits per heavy atom. The third-order valence-electron chi connectivity index (χ3n) is 4.98. The quantitative estimate of drug-likeness (QED) is 0.739. The topological polar surface area (TPSA) is 64.2 Å². The number of rotatable bonds is 6. The van der Waals surface area contributed by atoms with E-state index in [9.17, 15) is 9.59 Å². The van der Waals surface area contributed by atoms with Crippen molar-refractivity contribution in [3.05, 3.63) is 70.2 Å². The molecule has 0 spiro atoms. The van der Waals surface area contributed by atoms with Crippen molar-refractivity contribution in [2.45, 2.75) is 38.8 Å². The number of amides is 1. The summed E-state index contributed by atoms with van der Waals surface area (Å²) in [6.07, 6.45) is 2.54. The van der Waals surface area contributed by atoms with Crippen LogP contribution in [0, 0.1) is 12.8 Å². The van der Waals surface area contributed by atoms with E-state index >= 15 is 0 Å². The fourth-order valence-corrected chi connectivity index (χ4v) is 3.36. The normalized spacial score (nSPS) is 15.1. The lowest BCUT2D eigenvalue weighted by molar-refractivity contribution is -0.122. The van der Waals surface area contributed by atoms with Gasteiger partial charge in [-0.05, 0) is 43.4 Å². The maximum Gasteiger partial charge on any atom is 0.419 e. The molecule has 26 heavy (non-hydrogen) atoms. The number of aryl methyl sites for hydroxylation is 2. The summed E-state index contributed by atoms with van der Waals surface area (Å²) >= 11 is 0. The van der Waals surface area contributed by atoms with Gasteiger partial charge in [0.25, 0.3) is 0 Å². The molecule has 1 atom stereocenters. The highest BCUT2D eigenvalue weighted by Crippen LogP contribution is 2.41. The van der Waals surface area contributed by atoms with Crippen LogP contribution in [0.1, 0.15) is 36.4 Å². The van der Waals surface area contributed by atoms with Crippen LogP contribution in [0.3, 0.4) is 0 Å². The van der Waals surface area contributed by atoms with Crippen LogP contribution in [-0.2, 0) is 11.3 Å². The molecule has 134 valence electrons. The predicted molar refractivity (Wildman–Crippen MR) is 99.9 cm³/mol. The molecule has 1 unspecified atom stereocenters. The van der Waals surface area contributed by atoms with E-state index in [4.69, 9.17) is 4.42 Å². The number of carbonyl (C=O) groups excluding carboxylic acids is 1. The largest absolute Gasteiger partial charge is 0.419 e. The molecular weight excluding hydrogens is 328 g/mol. The summed E-state index contributed by atoms with van der Waals surface area (Å²) in [6.45, 7) is 2.37. The second-order valence-corrected chi connectivity index (χ2v) is 7.03. The van der Waals surface area contributed by atoms with Gasteiger partial charge in [-0.2, -0.15) is 0 Å². The molecule has 5 heteroatoms. The zero-order valence-corrected chi connectivity index (χ0v) is 14.8. The molecule has 1 N–H and O–H groups in total. The van der Waals surface area contributed by atoms with Crippen LogP contribution in [0.5, 0.6) is 0 Å². The minimum Gasteiger partial charge on any atom is -0.408 e. The van der Waals surface area contributed by atoms with E-state index in [0.29, 0.717) is 18.0 Å². The average molecular weight is 350 g/mol. The van der Waals surface area contributed by atoms with Crippen LogP contribution < -0.4 is 11.1 Å². The maximum absolute atomic E-state index is 12.5. The summed E-state index contributed by atoms with van der Waals surface area (Å²) in [5.74, 6) is 0.0510. The lowest BCUT2D eigenvalue weighted by Gasteiger charge is -2.19. The van der Waals surface area contributed by atoms with Gasteiger partial charge in [0.05, 0.1) is 11.6 Å². The first-order valence-electron chi connectivity index (χ1n) is 9.06. The zero-order valence-electron chi connectivity index (χ0n) is 14.8. The van der Waals surface area contributed by atoms with E-state index in [-0.39, 0.29) is 18.4 Å². The van der Waals surface area contributed by atoms with Crippen molar-refractivity contribution in [3.8, 4) is 0 Å². The average Bonchev–Trinajstić information content (AvgIpc) is 3.42. The minimum absolute atomic E-state index is 0.0420. The highest BCUT2D eigenvalue weighted by Gasteiger charge is 2.33. The molecule has 1 aliphatic carbocycles. The second-order valence-electron chi connectivity index (χ2n) is 7.03. The smallest absolute Gasteiger partial charge is 0.408 e. The van der Waals surface area contributed by atoms with Crippen molar-refractivity contribution in [1.82, 2.24) is 9.88 Å². The number of aromatic nitrogens is 1. The van der Waals surface area contributed by atoms with Gasteiger partial charge in [-0.25, -0.2) is 4.79 Å². The van der Waals surface area contributed by atoms with Gasteiger partial charge in [0.2, 0.25) is 5.91 Å². The van der Waals surface area contributed by atoms with Gasteiger partial charge in [0, 0.05) is 13.0 Å². The summed E-state index contributed by atoms with van der Waals surface area (Å²) in [5, 5.41) is 3.16. The van der Waals surface area contributed by atoms with Crippen molar-refractivity contribution < 1.29 is 9.21 Å². The highest BCUT2D eigenvalue weighted by atomic mass is 16.4. The Bertz CT molecular complexity index is 980. The molecule has 2 aromatic carbocycles. The van der Waals surface area contributed by atoms with Gasteiger partial charge >= 0.3 is 5.76 Å². The van der Waals surface area contributed by atoms with Crippen LogP contribution in [0.15, 0.2) is 57.7 Å². The SMILES string of the molecule is Cc1ccc(C(NC(=O)CCn2c(=O)oc3ccccc32)C2CC2)cc1. The highest BCUT2D eigenvalue weighted by molar-refractivity contribution is 5.77. The number of hydrogen-bond donors (Lipinski definition) is 1. The number of oxazole rings is 1. The molecule has 0 bridgehead atoms. The number of nitrogens with zero attached hydrogens (tertiary/aromatic N) is 1. The fraction of sp³-hybridized carbons (Fsp3) is 0.333. The monoisotopic (exact) mass is 350 g/mol. The first kappa shape index (κ1) is 16.6. The molecule has 0 radical (unpaired) electrons. The van der Waals surface area contributed by atoms with E-state index < -0.39 is 5.76 Å². The molecule has 1 fully saturated rings. The second kappa shape index (κ2) is 6.83. The molecule has 3 aromatic rings. The van der Waals surface area contributed by atoms with E-state index in [2.05, 4.69) is 36.5 Å². The van der Waals surface area contributed by atoms with Gasteiger partial charge in [-0.1, -0.05) is 42.0 Å². The first-order valence-corrected chi connectivity index (χ1v) is 9.06. The van der Waals surface area contributed by atoms with Crippen LogP contribution in [0.25, 0.3) is 11.1 Å². The summed E-state index contributed by atoms with van der Waals surface area (Å²) in [7, 11) is 0. The summed E-state index contributed by atoms with van der Waals surface area (Å²) in [5.41, 5.74) is 3.63. The van der Waals surface area contributed by atoms with Crippen molar-refractivity contribution in [2.24, 2.45) is 5.92 Å². The van der Waals surface area contributed by atoms with Crippen molar-refractivity contribution in [3.63, 3.8) is 0 Å². The van der Waals surface area contributed by atoms with Crippen LogP contribution in [0.4, 0.5) is 0 Å². The summed E-state index contributed by atoms with van der Waals surface area (Å²) in [6, 6.07) is 15.7. The molecular formula is C21H22N2O3. The van der Waals surface area contributed by atoms with Crippen molar-refractivity contribution in [1.29, 1.82) is 0 Å². The summed E-state index contributed by atoms with van der Waals surface area (Å²) < 4.78 is 6.74. The number of para-hydroxylation sites is 2. The lowest BCUT2D eigenvalue weighted by atomic mass is 10.0. The molecule has 0 aliphatic heterocycles. The van der Waals surface area contributed by atoms with Crippen LogP contribution in [0.2, 0.25) is 0 Å². The Hall–Kier alpha value is -2.82. The Balaban J connectivity index is 1.45. The Labute approximate surface area is 151 Å². The molecule has 1 heterocycles. The van der Waals surface area contributed by atoms with E-state index in [0.717, 1.165) is 23.9 Å². The molecule has 4 rings (SSSR count). The molecule has 5 nitrogen and oxygen atoms in total. The molecule has 1 amide bonds. The van der Waals surface area contributed by atoms with Crippen LogP contribution in [-0.4, -0.2) is 10.5 Å². The van der Waals surface area contributed by atoms with Crippen LogP contribution >= 0.6 is 0 Å². The molecule has 1 aromatic heterocycles. The van der Waals surface area contributed by atoms with Gasteiger partial charge < -0.3 is 9.73 Å². The lowest BCUT2D eigenvalue weighted by Crippen LogP contribution is -2.31. The maximum atomic E-state index is 12.5. The Morgan fingerprint density at radius 3 is 2.65 bits per heavy atom. The van der Waals surface area contributed by atoms with Crippen molar-refractivity contribution in [2.75, 3.05) is 0 Å². The third-order valence-corrected chi connectivity index (χ3v) is 4.98. The number of hydrogen-bond acceptors (Lipinski definition) is 3.